The molecule has 1 aliphatic heterocycles. The highest BCUT2D eigenvalue weighted by Gasteiger charge is 2.17. The zero-order valence-electron chi connectivity index (χ0n) is 12.0. The molecule has 0 bridgehead atoms. The van der Waals surface area contributed by atoms with Crippen LogP contribution in [0.15, 0.2) is 24.3 Å². The molecule has 1 aromatic carbocycles. The molecule has 0 radical (unpaired) electrons. The number of nitrogens with one attached hydrogen (secondary N) is 2. The van der Waals surface area contributed by atoms with Gasteiger partial charge in [0.05, 0.1) is 0 Å². The topological polar surface area (TPSA) is 58.2 Å². The van der Waals surface area contributed by atoms with E-state index < -0.39 is 0 Å². The van der Waals surface area contributed by atoms with Gasteiger partial charge in [0.25, 0.3) is 0 Å². The summed E-state index contributed by atoms with van der Waals surface area (Å²) in [5, 5.41) is 5.78. The van der Waals surface area contributed by atoms with Crippen LogP contribution in [0.2, 0.25) is 0 Å². The Morgan fingerprint density at radius 1 is 1.29 bits per heavy atom. The van der Waals surface area contributed by atoms with Gasteiger partial charge >= 0.3 is 0 Å². The Balaban J connectivity index is 1.67. The zero-order chi connectivity index (χ0) is 15.1. The lowest BCUT2D eigenvalue weighted by molar-refractivity contribution is -0.123. The summed E-state index contributed by atoms with van der Waals surface area (Å²) in [4.78, 5) is 23.1. The molecule has 114 valence electrons. The fourth-order valence-corrected chi connectivity index (χ4v) is 2.47. The van der Waals surface area contributed by atoms with E-state index in [1.165, 1.54) is 12.1 Å². The first kappa shape index (κ1) is 15.5. The molecule has 2 amide bonds. The number of amides is 2. The summed E-state index contributed by atoms with van der Waals surface area (Å²) in [5.74, 6) is -0.160. The number of halogens is 1. The number of benzene rings is 1. The number of carbonyl (C=O) groups is 2. The van der Waals surface area contributed by atoms with Crippen LogP contribution in [0.4, 0.5) is 4.39 Å². The van der Waals surface area contributed by atoms with Crippen molar-refractivity contribution in [2.75, 3.05) is 6.54 Å². The van der Waals surface area contributed by atoms with Crippen molar-refractivity contribution in [2.45, 2.75) is 44.6 Å². The highest BCUT2D eigenvalue weighted by molar-refractivity contribution is 5.77. The van der Waals surface area contributed by atoms with E-state index in [-0.39, 0.29) is 23.7 Å². The monoisotopic (exact) mass is 292 g/mol. The second kappa shape index (κ2) is 7.76. The standard InChI is InChI=1S/C16H21FN2O2/c17-13-6-4-12(5-7-13)2-1-3-16(21)19-14-8-9-15(20)18-11-10-14/h4-7,14H,1-3,8-11H2,(H,18,20)(H,19,21). The Kier molecular flexibility index (Phi) is 5.72. The van der Waals surface area contributed by atoms with Crippen molar-refractivity contribution in [1.29, 1.82) is 0 Å². The van der Waals surface area contributed by atoms with Gasteiger partial charge in [-0.2, -0.15) is 0 Å². The Hall–Kier alpha value is -1.91. The average molecular weight is 292 g/mol. The maximum absolute atomic E-state index is 12.8. The highest BCUT2D eigenvalue weighted by Crippen LogP contribution is 2.09. The molecule has 1 saturated heterocycles. The molecule has 1 unspecified atom stereocenters. The minimum absolute atomic E-state index is 0.0245. The van der Waals surface area contributed by atoms with Gasteiger partial charge in [0.1, 0.15) is 5.82 Å². The lowest BCUT2D eigenvalue weighted by Gasteiger charge is -2.15. The third kappa shape index (κ3) is 5.53. The normalized spacial score (nSPS) is 18.7. The van der Waals surface area contributed by atoms with Crippen molar-refractivity contribution in [3.05, 3.63) is 35.6 Å². The van der Waals surface area contributed by atoms with Gasteiger partial charge in [-0.25, -0.2) is 4.39 Å². The SMILES string of the molecule is O=C1CCC(NC(=O)CCCc2ccc(F)cc2)CCN1. The number of hydrogen-bond donors (Lipinski definition) is 2. The van der Waals surface area contributed by atoms with Crippen LogP contribution < -0.4 is 10.6 Å². The molecule has 0 aliphatic carbocycles. The van der Waals surface area contributed by atoms with E-state index in [1.54, 1.807) is 12.1 Å². The summed E-state index contributed by atoms with van der Waals surface area (Å²) in [7, 11) is 0. The third-order valence-corrected chi connectivity index (χ3v) is 3.68. The van der Waals surface area contributed by atoms with E-state index in [0.29, 0.717) is 25.8 Å². The molecular formula is C16H21FN2O2. The molecular weight excluding hydrogens is 271 g/mol. The van der Waals surface area contributed by atoms with Crippen molar-refractivity contribution in [3.8, 4) is 0 Å². The van der Waals surface area contributed by atoms with E-state index in [2.05, 4.69) is 10.6 Å². The fraction of sp³-hybridized carbons (Fsp3) is 0.500. The van der Waals surface area contributed by atoms with Crippen LogP contribution >= 0.6 is 0 Å². The summed E-state index contributed by atoms with van der Waals surface area (Å²) in [5.41, 5.74) is 1.04. The Bertz CT molecular complexity index is 488. The molecule has 2 rings (SSSR count). The van der Waals surface area contributed by atoms with Gasteiger partial charge in [-0.15, -0.1) is 0 Å². The molecule has 1 heterocycles. The predicted molar refractivity (Wildman–Crippen MR) is 78.1 cm³/mol. The molecule has 1 fully saturated rings. The van der Waals surface area contributed by atoms with Crippen molar-refractivity contribution in [3.63, 3.8) is 0 Å². The molecule has 1 aliphatic rings. The zero-order valence-corrected chi connectivity index (χ0v) is 12.0. The maximum atomic E-state index is 12.8. The summed E-state index contributed by atoms with van der Waals surface area (Å²) < 4.78 is 12.8. The molecule has 0 spiro atoms. The summed E-state index contributed by atoms with van der Waals surface area (Å²) >= 11 is 0. The van der Waals surface area contributed by atoms with Gasteiger partial charge in [0, 0.05) is 25.4 Å². The third-order valence-electron chi connectivity index (χ3n) is 3.68. The van der Waals surface area contributed by atoms with E-state index in [4.69, 9.17) is 0 Å². The summed E-state index contributed by atoms with van der Waals surface area (Å²) in [6.07, 6.45) is 3.92. The Morgan fingerprint density at radius 3 is 2.81 bits per heavy atom. The average Bonchev–Trinajstić information content (AvgIpc) is 2.66. The number of hydrogen-bond acceptors (Lipinski definition) is 2. The van der Waals surface area contributed by atoms with Gasteiger partial charge in [-0.1, -0.05) is 12.1 Å². The number of rotatable bonds is 5. The summed E-state index contributed by atoms with van der Waals surface area (Å²) in [6, 6.07) is 6.45. The highest BCUT2D eigenvalue weighted by atomic mass is 19.1. The number of aryl methyl sites for hydroxylation is 1. The van der Waals surface area contributed by atoms with Crippen LogP contribution in [-0.4, -0.2) is 24.4 Å². The molecule has 2 N–H and O–H groups in total. The molecule has 0 saturated carbocycles. The first-order chi connectivity index (χ1) is 10.1. The first-order valence-electron chi connectivity index (χ1n) is 7.44. The molecule has 21 heavy (non-hydrogen) atoms. The van der Waals surface area contributed by atoms with Gasteiger partial charge < -0.3 is 10.6 Å². The van der Waals surface area contributed by atoms with Gasteiger partial charge in [-0.05, 0) is 43.4 Å². The molecule has 5 heteroatoms. The first-order valence-corrected chi connectivity index (χ1v) is 7.44. The smallest absolute Gasteiger partial charge is 0.220 e. The van der Waals surface area contributed by atoms with Gasteiger partial charge in [0.15, 0.2) is 0 Å². The maximum Gasteiger partial charge on any atom is 0.220 e. The lowest BCUT2D eigenvalue weighted by Crippen LogP contribution is -2.35. The molecule has 1 aromatic rings. The summed E-state index contributed by atoms with van der Waals surface area (Å²) in [6.45, 7) is 0.624. The number of carbonyl (C=O) groups excluding carboxylic acids is 2. The van der Waals surface area contributed by atoms with Crippen LogP contribution in [0.1, 0.15) is 37.7 Å². The van der Waals surface area contributed by atoms with Crippen LogP contribution in [0.5, 0.6) is 0 Å². The van der Waals surface area contributed by atoms with E-state index in [0.717, 1.165) is 24.8 Å². The van der Waals surface area contributed by atoms with Gasteiger partial charge in [-0.3, -0.25) is 9.59 Å². The molecule has 1 atom stereocenters. The Labute approximate surface area is 124 Å². The van der Waals surface area contributed by atoms with Crippen LogP contribution in [0, 0.1) is 5.82 Å². The van der Waals surface area contributed by atoms with Crippen LogP contribution in [0.3, 0.4) is 0 Å². The fourth-order valence-electron chi connectivity index (χ4n) is 2.47. The van der Waals surface area contributed by atoms with Crippen molar-refractivity contribution < 1.29 is 14.0 Å². The second-order valence-corrected chi connectivity index (χ2v) is 5.42. The molecule has 0 aromatic heterocycles. The molecule has 4 nitrogen and oxygen atoms in total. The van der Waals surface area contributed by atoms with E-state index in [9.17, 15) is 14.0 Å². The minimum Gasteiger partial charge on any atom is -0.356 e. The van der Waals surface area contributed by atoms with Crippen molar-refractivity contribution in [2.24, 2.45) is 0 Å². The van der Waals surface area contributed by atoms with Crippen LogP contribution in [0.25, 0.3) is 0 Å². The Morgan fingerprint density at radius 2 is 2.05 bits per heavy atom. The minimum atomic E-state index is -0.243. The largest absolute Gasteiger partial charge is 0.356 e. The second-order valence-electron chi connectivity index (χ2n) is 5.42. The predicted octanol–water partition coefficient (Wildman–Crippen LogP) is 1.93. The quantitative estimate of drug-likeness (QED) is 0.871. The van der Waals surface area contributed by atoms with Crippen molar-refractivity contribution in [1.82, 2.24) is 10.6 Å². The van der Waals surface area contributed by atoms with E-state index in [1.807, 2.05) is 0 Å². The van der Waals surface area contributed by atoms with Crippen molar-refractivity contribution >= 4 is 11.8 Å². The van der Waals surface area contributed by atoms with E-state index >= 15 is 0 Å². The lowest BCUT2D eigenvalue weighted by atomic mass is 10.1. The van der Waals surface area contributed by atoms with Crippen LogP contribution in [-0.2, 0) is 16.0 Å². The van der Waals surface area contributed by atoms with Gasteiger partial charge in [0.2, 0.25) is 11.8 Å².